The Balaban J connectivity index is 1.95. The molecule has 3 rings (SSSR count). The van der Waals surface area contributed by atoms with Gasteiger partial charge in [-0.1, -0.05) is 30.7 Å². The highest BCUT2D eigenvalue weighted by molar-refractivity contribution is 7.12. The highest BCUT2D eigenvalue weighted by atomic mass is 35.5. The molecule has 100 valence electrons. The molecule has 1 aliphatic rings. The topological polar surface area (TPSA) is 12.0 Å². The van der Waals surface area contributed by atoms with Gasteiger partial charge in [0.25, 0.3) is 0 Å². The van der Waals surface area contributed by atoms with Crippen LogP contribution in [0.3, 0.4) is 0 Å². The highest BCUT2D eigenvalue weighted by Gasteiger charge is 2.21. The third kappa shape index (κ3) is 2.71. The van der Waals surface area contributed by atoms with E-state index in [0.29, 0.717) is 0 Å². The van der Waals surface area contributed by atoms with E-state index >= 15 is 0 Å². The summed E-state index contributed by atoms with van der Waals surface area (Å²) >= 11 is 8.09. The molecule has 1 aromatic carbocycles. The molecule has 2 aromatic rings. The summed E-state index contributed by atoms with van der Waals surface area (Å²) in [5.41, 5.74) is 2.82. The van der Waals surface area contributed by atoms with Crippen LogP contribution in [0.25, 0.3) is 0 Å². The van der Waals surface area contributed by atoms with Crippen molar-refractivity contribution in [3.05, 3.63) is 56.2 Å². The van der Waals surface area contributed by atoms with Crippen molar-refractivity contribution < 1.29 is 0 Å². The van der Waals surface area contributed by atoms with E-state index in [1.807, 2.05) is 23.5 Å². The van der Waals surface area contributed by atoms with Crippen LogP contribution >= 0.6 is 22.9 Å². The maximum atomic E-state index is 6.13. The number of thiophene rings is 1. The molecule has 1 atom stereocenters. The minimum Gasteiger partial charge on any atom is -0.306 e. The van der Waals surface area contributed by atoms with Crippen LogP contribution in [0.15, 0.2) is 30.3 Å². The maximum absolute atomic E-state index is 6.13. The Morgan fingerprint density at radius 2 is 2.21 bits per heavy atom. The first-order chi connectivity index (χ1) is 9.28. The summed E-state index contributed by atoms with van der Waals surface area (Å²) in [5.74, 6) is 0. The fourth-order valence-corrected chi connectivity index (χ4v) is 4.33. The first-order valence-corrected chi connectivity index (χ1v) is 8.07. The summed E-state index contributed by atoms with van der Waals surface area (Å²) in [4.78, 5) is 3.01. The summed E-state index contributed by atoms with van der Waals surface area (Å²) in [6.45, 7) is 3.11. The Labute approximate surface area is 123 Å². The molecule has 0 saturated carbocycles. The van der Waals surface area contributed by atoms with E-state index in [-0.39, 0.29) is 6.04 Å². The van der Waals surface area contributed by atoms with E-state index in [1.165, 1.54) is 29.7 Å². The number of hydrogen-bond acceptors (Lipinski definition) is 2. The van der Waals surface area contributed by atoms with Gasteiger partial charge >= 0.3 is 0 Å². The first-order valence-electron chi connectivity index (χ1n) is 6.88. The fourth-order valence-electron chi connectivity index (χ4n) is 2.77. The van der Waals surface area contributed by atoms with Crippen molar-refractivity contribution in [3.63, 3.8) is 0 Å². The summed E-state index contributed by atoms with van der Waals surface area (Å²) in [6, 6.07) is 10.9. The van der Waals surface area contributed by atoms with Crippen LogP contribution in [0.2, 0.25) is 5.02 Å². The summed E-state index contributed by atoms with van der Waals surface area (Å²) in [5, 5.41) is 4.39. The van der Waals surface area contributed by atoms with Crippen LogP contribution in [-0.2, 0) is 12.8 Å². The normalized spacial score (nSPS) is 15.5. The molecule has 0 bridgehead atoms. The van der Waals surface area contributed by atoms with Crippen LogP contribution in [-0.4, -0.2) is 6.54 Å². The second-order valence-electron chi connectivity index (χ2n) is 5.00. The van der Waals surface area contributed by atoms with Gasteiger partial charge in [0, 0.05) is 14.8 Å². The van der Waals surface area contributed by atoms with Gasteiger partial charge in [0.2, 0.25) is 0 Å². The monoisotopic (exact) mass is 291 g/mol. The number of rotatable bonds is 4. The number of hydrogen-bond donors (Lipinski definition) is 1. The molecule has 1 aromatic heterocycles. The maximum Gasteiger partial charge on any atom is 0.0671 e. The average molecular weight is 292 g/mol. The number of nitrogens with one attached hydrogen (secondary N) is 1. The van der Waals surface area contributed by atoms with Gasteiger partial charge in [0.15, 0.2) is 0 Å². The molecular weight excluding hydrogens is 274 g/mol. The molecule has 1 heterocycles. The molecular formula is C16H18ClNS. The standard InChI is InChI=1S/C16H18ClNS/c1-2-18-16(12-6-3-7-13(17)9-12)15-10-11-5-4-8-14(11)19-15/h3,6-7,9-10,16,18H,2,4-5,8H2,1H3. The molecule has 0 radical (unpaired) electrons. The lowest BCUT2D eigenvalue weighted by molar-refractivity contribution is 0.639. The Morgan fingerprint density at radius 3 is 2.95 bits per heavy atom. The third-order valence-electron chi connectivity index (χ3n) is 3.64. The molecule has 1 nitrogen and oxygen atoms in total. The Bertz CT molecular complexity index is 554. The van der Waals surface area contributed by atoms with Gasteiger partial charge in [-0.15, -0.1) is 11.3 Å². The van der Waals surface area contributed by atoms with E-state index in [4.69, 9.17) is 11.6 Å². The number of benzene rings is 1. The zero-order chi connectivity index (χ0) is 13.2. The van der Waals surface area contributed by atoms with Crippen molar-refractivity contribution in [1.29, 1.82) is 0 Å². The highest BCUT2D eigenvalue weighted by Crippen LogP contribution is 2.36. The van der Waals surface area contributed by atoms with Gasteiger partial charge in [-0.2, -0.15) is 0 Å². The largest absolute Gasteiger partial charge is 0.306 e. The minimum absolute atomic E-state index is 0.277. The minimum atomic E-state index is 0.277. The van der Waals surface area contributed by atoms with E-state index < -0.39 is 0 Å². The Hall–Kier alpha value is -0.830. The lowest BCUT2D eigenvalue weighted by Crippen LogP contribution is -2.21. The van der Waals surface area contributed by atoms with Crippen molar-refractivity contribution >= 4 is 22.9 Å². The van der Waals surface area contributed by atoms with Crippen LogP contribution in [0, 0.1) is 0 Å². The van der Waals surface area contributed by atoms with Gasteiger partial charge in [0.1, 0.15) is 0 Å². The second-order valence-corrected chi connectivity index (χ2v) is 6.60. The van der Waals surface area contributed by atoms with Gasteiger partial charge in [-0.05, 0) is 55.1 Å². The van der Waals surface area contributed by atoms with Crippen LogP contribution in [0.4, 0.5) is 0 Å². The number of aryl methyl sites for hydroxylation is 2. The molecule has 1 N–H and O–H groups in total. The fraction of sp³-hybridized carbons (Fsp3) is 0.375. The van der Waals surface area contributed by atoms with Gasteiger partial charge in [-0.3, -0.25) is 0 Å². The molecule has 0 spiro atoms. The zero-order valence-corrected chi connectivity index (χ0v) is 12.7. The predicted molar refractivity (Wildman–Crippen MR) is 83.3 cm³/mol. The number of halogens is 1. The summed E-state index contributed by atoms with van der Waals surface area (Å²) < 4.78 is 0. The lowest BCUT2D eigenvalue weighted by atomic mass is 10.0. The molecule has 19 heavy (non-hydrogen) atoms. The van der Waals surface area contributed by atoms with Crippen molar-refractivity contribution in [3.8, 4) is 0 Å². The Kier molecular flexibility index (Phi) is 3.92. The lowest BCUT2D eigenvalue weighted by Gasteiger charge is -2.17. The number of fused-ring (bicyclic) bond motifs is 1. The molecule has 3 heteroatoms. The summed E-state index contributed by atoms with van der Waals surface area (Å²) in [6.07, 6.45) is 3.83. The van der Waals surface area contributed by atoms with Gasteiger partial charge < -0.3 is 5.32 Å². The summed E-state index contributed by atoms with van der Waals surface area (Å²) in [7, 11) is 0. The molecule has 1 aliphatic carbocycles. The van der Waals surface area contributed by atoms with Gasteiger partial charge in [0.05, 0.1) is 6.04 Å². The van der Waals surface area contributed by atoms with E-state index in [0.717, 1.165) is 11.6 Å². The molecule has 0 saturated heterocycles. The Morgan fingerprint density at radius 1 is 1.32 bits per heavy atom. The zero-order valence-electron chi connectivity index (χ0n) is 11.1. The molecule has 0 aliphatic heterocycles. The van der Waals surface area contributed by atoms with Crippen LogP contribution < -0.4 is 5.32 Å². The van der Waals surface area contributed by atoms with Crippen LogP contribution in [0.1, 0.15) is 40.3 Å². The quantitative estimate of drug-likeness (QED) is 0.869. The molecule has 0 amide bonds. The third-order valence-corrected chi connectivity index (χ3v) is 5.18. The van der Waals surface area contributed by atoms with E-state index in [9.17, 15) is 0 Å². The molecule has 0 fully saturated rings. The van der Waals surface area contributed by atoms with Gasteiger partial charge in [-0.25, -0.2) is 0 Å². The van der Waals surface area contributed by atoms with Crippen molar-refractivity contribution in [2.75, 3.05) is 6.54 Å². The molecule has 1 unspecified atom stereocenters. The van der Waals surface area contributed by atoms with Crippen molar-refractivity contribution in [1.82, 2.24) is 5.32 Å². The second kappa shape index (κ2) is 5.66. The van der Waals surface area contributed by atoms with Crippen molar-refractivity contribution in [2.24, 2.45) is 0 Å². The van der Waals surface area contributed by atoms with Crippen LogP contribution in [0.5, 0.6) is 0 Å². The smallest absolute Gasteiger partial charge is 0.0671 e. The van der Waals surface area contributed by atoms with Crippen molar-refractivity contribution in [2.45, 2.75) is 32.2 Å². The SMILES string of the molecule is CCNC(c1cccc(Cl)c1)c1cc2c(s1)CCC2. The predicted octanol–water partition coefficient (Wildman–Crippen LogP) is 4.59. The van der Waals surface area contributed by atoms with E-state index in [1.54, 1.807) is 10.4 Å². The first kappa shape index (κ1) is 13.2. The average Bonchev–Trinajstić information content (AvgIpc) is 2.96. The van der Waals surface area contributed by atoms with E-state index in [2.05, 4.69) is 30.4 Å².